The minimum atomic E-state index is -4.47. The van der Waals surface area contributed by atoms with Gasteiger partial charge in [-0.05, 0) is 24.6 Å². The fourth-order valence-corrected chi connectivity index (χ4v) is 6.47. The second-order valence-electron chi connectivity index (χ2n) is 7.91. The number of aromatic hydroxyl groups is 1. The molecule has 0 heterocycles. The number of phenols is 1. The quantitative estimate of drug-likeness (QED) is 0.261. The van der Waals surface area contributed by atoms with E-state index in [-0.39, 0.29) is 10.6 Å². The molecule has 4 nitrogen and oxygen atoms in total. The van der Waals surface area contributed by atoms with E-state index in [1.807, 2.05) is 0 Å². The lowest BCUT2D eigenvalue weighted by Crippen LogP contribution is -2.12. The molecule has 4 aromatic rings. The van der Waals surface area contributed by atoms with E-state index in [2.05, 4.69) is 91.0 Å². The van der Waals surface area contributed by atoms with Crippen molar-refractivity contribution in [3.63, 3.8) is 0 Å². The van der Waals surface area contributed by atoms with Crippen LogP contribution in [0.25, 0.3) is 0 Å². The van der Waals surface area contributed by atoms with E-state index in [9.17, 15) is 13.0 Å². The molecule has 0 aliphatic rings. The molecule has 0 atom stereocenters. The summed E-state index contributed by atoms with van der Waals surface area (Å²) < 4.78 is 31.6. The van der Waals surface area contributed by atoms with Gasteiger partial charge in [0.05, 0.1) is 4.90 Å². The first-order valence-electron chi connectivity index (χ1n) is 10.8. The smallest absolute Gasteiger partial charge is 0.133 e. The minimum Gasteiger partial charge on any atom is -0.744 e. The molecule has 0 aliphatic carbocycles. The predicted octanol–water partition coefficient (Wildman–Crippen LogP) is 5.81. The van der Waals surface area contributed by atoms with Crippen LogP contribution in [0.4, 0.5) is 0 Å². The average Bonchev–Trinajstić information content (AvgIpc) is 2.82. The number of phenolic OH excluding ortho intramolecular Hbond substituents is 1. The maximum absolute atomic E-state index is 10.5. The van der Waals surface area contributed by atoms with Gasteiger partial charge in [0.1, 0.15) is 33.1 Å². The first-order valence-corrected chi connectivity index (χ1v) is 14.0. The molecule has 6 heteroatoms. The van der Waals surface area contributed by atoms with Crippen LogP contribution in [0.15, 0.2) is 114 Å². The Morgan fingerprint density at radius 3 is 1.38 bits per heavy atom. The third-order valence-electron chi connectivity index (χ3n) is 5.08. The van der Waals surface area contributed by atoms with Crippen molar-refractivity contribution in [2.45, 2.75) is 29.1 Å². The van der Waals surface area contributed by atoms with Gasteiger partial charge in [-0.25, -0.2) is 8.42 Å². The minimum absolute atomic E-state index is 0.227. The second-order valence-corrected chi connectivity index (χ2v) is 11.3. The Hall–Kier alpha value is -3.06. The highest BCUT2D eigenvalue weighted by molar-refractivity contribution is 7.94. The molecule has 176 valence electrons. The predicted molar refractivity (Wildman–Crippen MR) is 139 cm³/mol. The average molecular weight is 493 g/mol. The molecule has 0 saturated carbocycles. The molecule has 4 aromatic carbocycles. The Balaban J connectivity index is 0.000000229. The first kappa shape index (κ1) is 25.6. The van der Waals surface area contributed by atoms with E-state index >= 15 is 0 Å². The Morgan fingerprint density at radius 2 is 1.06 bits per heavy atom. The van der Waals surface area contributed by atoms with Crippen LogP contribution in [0.2, 0.25) is 0 Å². The van der Waals surface area contributed by atoms with Crippen LogP contribution in [0.5, 0.6) is 5.75 Å². The van der Waals surface area contributed by atoms with Crippen LogP contribution in [0.3, 0.4) is 0 Å². The van der Waals surface area contributed by atoms with Crippen LogP contribution in [0, 0.1) is 6.92 Å². The molecule has 0 amide bonds. The highest BCUT2D eigenvalue weighted by Gasteiger charge is 2.20. The Morgan fingerprint density at radius 1 is 0.676 bits per heavy atom. The van der Waals surface area contributed by atoms with Gasteiger partial charge >= 0.3 is 0 Å². The Bertz CT molecular complexity index is 1160. The SMILES string of the molecule is Cc1ccc(O)cc1S(=O)(=O)[O-].c1ccc(C[S+](Cc2ccccc2)Cc2ccccc2)cc1. The standard InChI is InChI=1S/C21H21S.C7H8O4S/c1-4-10-19(11-5-1)16-22(17-20-12-6-2-7-13-20)18-21-14-8-3-9-15-21;1-5-2-3-6(8)4-7(5)12(9,10)11/h1-15H,16-18H2;2-4,8H,1H3,(H,9,10,11)/q+1;/p-1. The lowest BCUT2D eigenvalue weighted by Gasteiger charge is -2.10. The molecule has 0 aromatic heterocycles. The summed E-state index contributed by atoms with van der Waals surface area (Å²) in [6.07, 6.45) is 0. The normalized spacial score (nSPS) is 11.0. The number of benzene rings is 4. The molecular weight excluding hydrogens is 464 g/mol. The third-order valence-corrected chi connectivity index (χ3v) is 8.29. The molecule has 34 heavy (non-hydrogen) atoms. The monoisotopic (exact) mass is 492 g/mol. The van der Waals surface area contributed by atoms with Gasteiger partial charge in [0, 0.05) is 27.6 Å². The fraction of sp³-hybridized carbons (Fsp3) is 0.143. The zero-order valence-electron chi connectivity index (χ0n) is 19.0. The highest BCUT2D eigenvalue weighted by Crippen LogP contribution is 2.20. The zero-order chi connectivity index (χ0) is 24.4. The van der Waals surface area contributed by atoms with E-state index in [0.717, 1.165) is 23.3 Å². The van der Waals surface area contributed by atoms with Gasteiger partial charge in [0.2, 0.25) is 0 Å². The summed E-state index contributed by atoms with van der Waals surface area (Å²) in [5, 5.41) is 8.90. The van der Waals surface area contributed by atoms with Crippen molar-refractivity contribution in [1.82, 2.24) is 0 Å². The van der Waals surface area contributed by atoms with E-state index in [4.69, 9.17) is 5.11 Å². The zero-order valence-corrected chi connectivity index (χ0v) is 20.6. The summed E-state index contributed by atoms with van der Waals surface area (Å²) in [5.74, 6) is 3.25. The van der Waals surface area contributed by atoms with Crippen LogP contribution in [-0.2, 0) is 38.3 Å². The van der Waals surface area contributed by atoms with E-state index in [0.29, 0.717) is 16.5 Å². The molecule has 4 rings (SSSR count). The number of rotatable bonds is 7. The summed E-state index contributed by atoms with van der Waals surface area (Å²) in [7, 11) is -4.14. The Labute approximate surface area is 205 Å². The molecule has 0 unspecified atom stereocenters. The maximum atomic E-state index is 10.5. The molecule has 0 aliphatic heterocycles. The van der Waals surface area contributed by atoms with Crippen molar-refractivity contribution in [1.29, 1.82) is 0 Å². The molecular formula is C28H28O4S2. The van der Waals surface area contributed by atoms with Crippen LogP contribution in [-0.4, -0.2) is 18.1 Å². The highest BCUT2D eigenvalue weighted by atomic mass is 32.2. The molecule has 1 N–H and O–H groups in total. The lowest BCUT2D eigenvalue weighted by molar-refractivity contribution is 0.455. The first-order chi connectivity index (χ1) is 16.3. The van der Waals surface area contributed by atoms with Gasteiger partial charge in [0.15, 0.2) is 0 Å². The maximum Gasteiger partial charge on any atom is 0.133 e. The Kier molecular flexibility index (Phi) is 9.33. The van der Waals surface area contributed by atoms with Crippen LogP contribution >= 0.6 is 0 Å². The van der Waals surface area contributed by atoms with Crippen molar-refractivity contribution < 1.29 is 18.1 Å². The van der Waals surface area contributed by atoms with Crippen molar-refractivity contribution in [2.75, 3.05) is 0 Å². The van der Waals surface area contributed by atoms with E-state index in [1.54, 1.807) is 0 Å². The summed E-state index contributed by atoms with van der Waals surface area (Å²) in [5.41, 5.74) is 4.66. The van der Waals surface area contributed by atoms with Gasteiger partial charge < -0.3 is 9.66 Å². The second kappa shape index (κ2) is 12.4. The summed E-state index contributed by atoms with van der Waals surface area (Å²) in [4.78, 5) is -0.373. The molecule has 0 saturated heterocycles. The van der Waals surface area contributed by atoms with Crippen LogP contribution < -0.4 is 0 Å². The van der Waals surface area contributed by atoms with Crippen molar-refractivity contribution in [3.8, 4) is 5.75 Å². The molecule has 0 fully saturated rings. The van der Waals surface area contributed by atoms with Crippen molar-refractivity contribution in [2.24, 2.45) is 0 Å². The lowest BCUT2D eigenvalue weighted by atomic mass is 10.2. The van der Waals surface area contributed by atoms with Gasteiger partial charge in [-0.2, -0.15) is 0 Å². The van der Waals surface area contributed by atoms with Crippen molar-refractivity contribution >= 4 is 21.0 Å². The van der Waals surface area contributed by atoms with Gasteiger partial charge in [0.25, 0.3) is 0 Å². The summed E-state index contributed by atoms with van der Waals surface area (Å²) in [6, 6.07) is 36.2. The largest absolute Gasteiger partial charge is 0.744 e. The topological polar surface area (TPSA) is 77.4 Å². The van der Waals surface area contributed by atoms with E-state index in [1.165, 1.54) is 35.7 Å². The number of aryl methyl sites for hydroxylation is 1. The third kappa shape index (κ3) is 8.37. The van der Waals surface area contributed by atoms with E-state index < -0.39 is 10.1 Å². The fourth-order valence-electron chi connectivity index (χ4n) is 3.44. The molecule has 0 bridgehead atoms. The van der Waals surface area contributed by atoms with Gasteiger partial charge in [-0.3, -0.25) is 0 Å². The summed E-state index contributed by atoms with van der Waals surface area (Å²) in [6.45, 7) is 1.49. The number of hydrogen-bond donors (Lipinski definition) is 1. The molecule has 0 radical (unpaired) electrons. The molecule has 0 spiro atoms. The summed E-state index contributed by atoms with van der Waals surface area (Å²) >= 11 is 0. The van der Waals surface area contributed by atoms with Crippen LogP contribution in [0.1, 0.15) is 22.3 Å². The van der Waals surface area contributed by atoms with Crippen molar-refractivity contribution in [3.05, 3.63) is 131 Å². The number of hydrogen-bond acceptors (Lipinski definition) is 4. The van der Waals surface area contributed by atoms with Gasteiger partial charge in [-0.15, -0.1) is 0 Å². The van der Waals surface area contributed by atoms with Gasteiger partial charge in [-0.1, -0.05) is 97.1 Å².